The number of para-hydroxylation sites is 1. The Bertz CT molecular complexity index is 807. The first kappa shape index (κ1) is 16.8. The third kappa shape index (κ3) is 3.12. The van der Waals surface area contributed by atoms with Gasteiger partial charge in [0.05, 0.1) is 10.0 Å². The maximum atomic E-state index is 12.5. The molecule has 0 N–H and O–H groups in total. The molecule has 0 unspecified atom stereocenters. The molecule has 1 saturated heterocycles. The number of benzene rings is 2. The van der Waals surface area contributed by atoms with Gasteiger partial charge in [0, 0.05) is 25.3 Å². The van der Waals surface area contributed by atoms with Crippen molar-refractivity contribution >= 4 is 40.7 Å². The van der Waals surface area contributed by atoms with Crippen LogP contribution in [-0.4, -0.2) is 29.8 Å². The molecule has 1 aliphatic heterocycles. The maximum Gasteiger partial charge on any atom is 0.316 e. The van der Waals surface area contributed by atoms with E-state index in [9.17, 15) is 9.59 Å². The van der Waals surface area contributed by atoms with Crippen molar-refractivity contribution in [3.05, 3.63) is 63.6 Å². The Morgan fingerprint density at radius 1 is 0.958 bits per heavy atom. The van der Waals surface area contributed by atoms with Crippen LogP contribution < -0.4 is 4.90 Å². The third-order valence-corrected chi connectivity index (χ3v) is 4.97. The molecule has 0 aromatic heterocycles. The number of halogens is 2. The first-order chi connectivity index (χ1) is 11.5. The largest absolute Gasteiger partial charge is 0.328 e. The van der Waals surface area contributed by atoms with Crippen molar-refractivity contribution in [3.8, 4) is 0 Å². The van der Waals surface area contributed by atoms with Gasteiger partial charge in [-0.25, -0.2) is 0 Å². The van der Waals surface area contributed by atoms with Gasteiger partial charge in [0.1, 0.15) is 0 Å². The molecule has 2 amide bonds. The van der Waals surface area contributed by atoms with Crippen molar-refractivity contribution in [2.45, 2.75) is 13.5 Å². The van der Waals surface area contributed by atoms with E-state index in [1.807, 2.05) is 31.2 Å². The van der Waals surface area contributed by atoms with Crippen LogP contribution >= 0.6 is 23.2 Å². The molecule has 4 nitrogen and oxygen atoms in total. The molecular weight excluding hydrogens is 347 g/mol. The van der Waals surface area contributed by atoms with Gasteiger partial charge in [0.15, 0.2) is 0 Å². The normalized spacial score (nSPS) is 15.1. The Morgan fingerprint density at radius 3 is 2.46 bits per heavy atom. The minimum atomic E-state index is -0.527. The zero-order chi connectivity index (χ0) is 17.3. The summed E-state index contributed by atoms with van der Waals surface area (Å²) in [6, 6.07) is 12.8. The molecule has 2 aromatic carbocycles. The van der Waals surface area contributed by atoms with Crippen molar-refractivity contribution in [2.75, 3.05) is 18.0 Å². The summed E-state index contributed by atoms with van der Waals surface area (Å²) >= 11 is 12.2. The second kappa shape index (κ2) is 6.83. The highest BCUT2D eigenvalue weighted by Gasteiger charge is 2.34. The van der Waals surface area contributed by atoms with Crippen LogP contribution in [-0.2, 0) is 16.1 Å². The summed E-state index contributed by atoms with van der Waals surface area (Å²) in [6.07, 6.45) is 0. The SMILES string of the molecule is Cc1ccccc1N1CCN(Cc2cccc(Cl)c2Cl)C(=O)C1=O. The second-order valence-corrected chi connectivity index (χ2v) is 6.47. The van der Waals surface area contributed by atoms with E-state index in [0.717, 1.165) is 16.8 Å². The minimum Gasteiger partial charge on any atom is -0.328 e. The van der Waals surface area contributed by atoms with Gasteiger partial charge in [0.25, 0.3) is 0 Å². The van der Waals surface area contributed by atoms with Crippen LogP contribution in [0.1, 0.15) is 11.1 Å². The van der Waals surface area contributed by atoms with Crippen molar-refractivity contribution in [1.82, 2.24) is 4.90 Å². The number of piperazine rings is 1. The number of anilines is 1. The van der Waals surface area contributed by atoms with Crippen molar-refractivity contribution < 1.29 is 9.59 Å². The number of carbonyl (C=O) groups is 2. The molecule has 3 rings (SSSR count). The highest BCUT2D eigenvalue weighted by Crippen LogP contribution is 2.28. The second-order valence-electron chi connectivity index (χ2n) is 5.68. The van der Waals surface area contributed by atoms with Crippen LogP contribution in [0.15, 0.2) is 42.5 Å². The molecule has 2 aromatic rings. The fourth-order valence-corrected chi connectivity index (χ4v) is 3.18. The molecule has 24 heavy (non-hydrogen) atoms. The lowest BCUT2D eigenvalue weighted by molar-refractivity contribution is -0.146. The number of hydrogen-bond donors (Lipinski definition) is 0. The van der Waals surface area contributed by atoms with E-state index < -0.39 is 11.8 Å². The highest BCUT2D eigenvalue weighted by atomic mass is 35.5. The van der Waals surface area contributed by atoms with Gasteiger partial charge in [0.2, 0.25) is 0 Å². The number of nitrogens with zero attached hydrogens (tertiary/aromatic N) is 2. The number of aryl methyl sites for hydroxylation is 1. The number of carbonyl (C=O) groups excluding carboxylic acids is 2. The van der Waals surface area contributed by atoms with E-state index in [4.69, 9.17) is 23.2 Å². The Morgan fingerprint density at radius 2 is 1.71 bits per heavy atom. The van der Waals surface area contributed by atoms with E-state index in [2.05, 4.69) is 0 Å². The van der Waals surface area contributed by atoms with Gasteiger partial charge in [-0.05, 0) is 30.2 Å². The molecule has 0 saturated carbocycles. The fraction of sp³-hybridized carbons (Fsp3) is 0.222. The van der Waals surface area contributed by atoms with Crippen molar-refractivity contribution in [3.63, 3.8) is 0 Å². The van der Waals surface area contributed by atoms with E-state index in [1.54, 1.807) is 18.2 Å². The average Bonchev–Trinajstić information content (AvgIpc) is 2.57. The van der Waals surface area contributed by atoms with Gasteiger partial charge in [-0.3, -0.25) is 9.59 Å². The van der Waals surface area contributed by atoms with Gasteiger partial charge in [-0.1, -0.05) is 53.5 Å². The van der Waals surface area contributed by atoms with Crippen LogP contribution in [0.3, 0.4) is 0 Å². The van der Waals surface area contributed by atoms with Crippen LogP contribution in [0.5, 0.6) is 0 Å². The van der Waals surface area contributed by atoms with Crippen LogP contribution in [0, 0.1) is 6.92 Å². The van der Waals surface area contributed by atoms with E-state index in [0.29, 0.717) is 23.1 Å². The molecule has 1 aliphatic rings. The monoisotopic (exact) mass is 362 g/mol. The highest BCUT2D eigenvalue weighted by molar-refractivity contribution is 6.43. The lowest BCUT2D eigenvalue weighted by atomic mass is 10.1. The Kier molecular flexibility index (Phi) is 4.78. The Labute approximate surface area is 150 Å². The quantitative estimate of drug-likeness (QED) is 0.781. The predicted molar refractivity (Wildman–Crippen MR) is 95.4 cm³/mol. The minimum absolute atomic E-state index is 0.269. The molecule has 0 radical (unpaired) electrons. The summed E-state index contributed by atoms with van der Waals surface area (Å²) in [7, 11) is 0. The van der Waals surface area contributed by atoms with E-state index in [1.165, 1.54) is 9.80 Å². The zero-order valence-electron chi connectivity index (χ0n) is 13.1. The molecular formula is C18H16Cl2N2O2. The summed E-state index contributed by atoms with van der Waals surface area (Å²) in [5.74, 6) is -1.05. The molecule has 1 heterocycles. The fourth-order valence-electron chi connectivity index (χ4n) is 2.80. The molecule has 124 valence electrons. The number of rotatable bonds is 3. The lowest BCUT2D eigenvalue weighted by Crippen LogP contribution is -2.54. The summed E-state index contributed by atoms with van der Waals surface area (Å²) in [5, 5.41) is 0.854. The first-order valence-corrected chi connectivity index (χ1v) is 8.34. The number of hydrogen-bond acceptors (Lipinski definition) is 2. The average molecular weight is 363 g/mol. The Hall–Kier alpha value is -2.04. The maximum absolute atomic E-state index is 12.5. The Balaban J connectivity index is 1.79. The van der Waals surface area contributed by atoms with Gasteiger partial charge in [-0.2, -0.15) is 0 Å². The molecule has 0 aliphatic carbocycles. The van der Waals surface area contributed by atoms with E-state index >= 15 is 0 Å². The van der Waals surface area contributed by atoms with Gasteiger partial charge in [-0.15, -0.1) is 0 Å². The van der Waals surface area contributed by atoms with Crippen LogP contribution in [0.2, 0.25) is 10.0 Å². The lowest BCUT2D eigenvalue weighted by Gasteiger charge is -2.34. The molecule has 0 bridgehead atoms. The van der Waals surface area contributed by atoms with Crippen molar-refractivity contribution in [2.24, 2.45) is 0 Å². The van der Waals surface area contributed by atoms with Crippen molar-refractivity contribution in [1.29, 1.82) is 0 Å². The number of amides is 2. The smallest absolute Gasteiger partial charge is 0.316 e. The standard InChI is InChI=1S/C18H16Cl2N2O2/c1-12-5-2-3-8-15(12)22-10-9-21(17(23)18(22)24)11-13-6-4-7-14(19)16(13)20/h2-8H,9-11H2,1H3. The third-order valence-electron chi connectivity index (χ3n) is 4.11. The molecule has 1 fully saturated rings. The molecule has 0 spiro atoms. The molecule has 6 heteroatoms. The van der Waals surface area contributed by atoms with E-state index in [-0.39, 0.29) is 6.54 Å². The summed E-state index contributed by atoms with van der Waals surface area (Å²) < 4.78 is 0. The summed E-state index contributed by atoms with van der Waals surface area (Å²) in [6.45, 7) is 3.09. The van der Waals surface area contributed by atoms with Gasteiger partial charge < -0.3 is 9.80 Å². The summed E-state index contributed by atoms with van der Waals surface area (Å²) in [5.41, 5.74) is 2.47. The zero-order valence-corrected chi connectivity index (χ0v) is 14.6. The predicted octanol–water partition coefficient (Wildman–Crippen LogP) is 3.68. The van der Waals surface area contributed by atoms with Crippen LogP contribution in [0.25, 0.3) is 0 Å². The molecule has 0 atom stereocenters. The van der Waals surface area contributed by atoms with Crippen LogP contribution in [0.4, 0.5) is 5.69 Å². The topological polar surface area (TPSA) is 40.6 Å². The first-order valence-electron chi connectivity index (χ1n) is 7.58. The summed E-state index contributed by atoms with van der Waals surface area (Å²) in [4.78, 5) is 28.0. The van der Waals surface area contributed by atoms with Gasteiger partial charge >= 0.3 is 11.8 Å².